The largest absolute Gasteiger partial charge is 0.399 e. The fraction of sp³-hybridized carbons (Fsp3) is 0.143. The van der Waals surface area contributed by atoms with Crippen molar-refractivity contribution < 1.29 is 12.6 Å². The molecule has 0 radical (unpaired) electrons. The summed E-state index contributed by atoms with van der Waals surface area (Å²) in [6.07, 6.45) is 0.398. The quantitative estimate of drug-likeness (QED) is 0.680. The lowest BCUT2D eigenvalue weighted by Gasteiger charge is -2.07. The van der Waals surface area contributed by atoms with Crippen LogP contribution in [0.4, 0.5) is 5.69 Å². The maximum Gasteiger partial charge on any atom is 0.309 e. The first-order valence-corrected chi connectivity index (χ1v) is 7.44. The van der Waals surface area contributed by atoms with E-state index >= 15 is 0 Å². The van der Waals surface area contributed by atoms with Gasteiger partial charge in [0.1, 0.15) is 5.75 Å². The van der Waals surface area contributed by atoms with Crippen LogP contribution in [0.5, 0.6) is 5.75 Å². The van der Waals surface area contributed by atoms with Crippen LogP contribution in [0, 0.1) is 0 Å². The Morgan fingerprint density at radius 3 is 2.15 bits per heavy atom. The van der Waals surface area contributed by atoms with E-state index in [9.17, 15) is 8.42 Å². The van der Waals surface area contributed by atoms with Gasteiger partial charge in [-0.3, -0.25) is 0 Å². The molecule has 2 aromatic carbocycles. The maximum absolute atomic E-state index is 11.8. The number of nitrogen functional groups attached to an aromatic ring is 1. The van der Waals surface area contributed by atoms with Gasteiger partial charge in [-0.1, -0.05) is 30.3 Å². The van der Waals surface area contributed by atoms with Crippen LogP contribution in [0.15, 0.2) is 54.6 Å². The monoisotopic (exact) mass is 313 g/mol. The minimum Gasteiger partial charge on any atom is -0.399 e. The Balaban J connectivity index is 0.00000200. The van der Waals surface area contributed by atoms with Crippen LogP contribution in [0.1, 0.15) is 5.56 Å². The lowest BCUT2D eigenvalue weighted by Crippen LogP contribution is -2.15. The van der Waals surface area contributed by atoms with E-state index in [1.807, 2.05) is 12.1 Å². The smallest absolute Gasteiger partial charge is 0.309 e. The molecule has 2 rings (SSSR count). The third-order valence-electron chi connectivity index (χ3n) is 2.59. The molecule has 6 heteroatoms. The van der Waals surface area contributed by atoms with Crippen molar-refractivity contribution in [2.75, 3.05) is 11.5 Å². The van der Waals surface area contributed by atoms with E-state index < -0.39 is 10.1 Å². The van der Waals surface area contributed by atoms with Crippen LogP contribution in [0.3, 0.4) is 0 Å². The highest BCUT2D eigenvalue weighted by atomic mass is 35.5. The van der Waals surface area contributed by atoms with Gasteiger partial charge in [-0.15, -0.1) is 12.4 Å². The Hall–Kier alpha value is -1.72. The second-order valence-corrected chi connectivity index (χ2v) is 5.84. The van der Waals surface area contributed by atoms with Crippen LogP contribution in [-0.2, 0) is 16.5 Å². The van der Waals surface area contributed by atoms with E-state index in [1.54, 1.807) is 42.5 Å². The van der Waals surface area contributed by atoms with Crippen LogP contribution >= 0.6 is 12.4 Å². The lowest BCUT2D eigenvalue weighted by molar-refractivity contribution is 0.485. The van der Waals surface area contributed by atoms with Crippen molar-refractivity contribution in [3.05, 3.63) is 60.2 Å². The molecule has 0 heterocycles. The number of anilines is 1. The van der Waals surface area contributed by atoms with Crippen molar-refractivity contribution in [2.45, 2.75) is 6.42 Å². The number of aryl methyl sites for hydroxylation is 1. The van der Waals surface area contributed by atoms with Gasteiger partial charge in [0.2, 0.25) is 0 Å². The van der Waals surface area contributed by atoms with Crippen molar-refractivity contribution in [1.29, 1.82) is 0 Å². The molecule has 20 heavy (non-hydrogen) atoms. The number of hydrogen-bond acceptors (Lipinski definition) is 4. The minimum atomic E-state index is -3.57. The van der Waals surface area contributed by atoms with E-state index in [1.165, 1.54) is 0 Å². The van der Waals surface area contributed by atoms with Crippen LogP contribution in [0.25, 0.3) is 0 Å². The number of para-hydroxylation sites is 1. The highest BCUT2D eigenvalue weighted by Crippen LogP contribution is 2.13. The molecule has 0 saturated carbocycles. The molecule has 0 spiro atoms. The zero-order valence-electron chi connectivity index (χ0n) is 10.7. The summed E-state index contributed by atoms with van der Waals surface area (Å²) in [5.74, 6) is 0.269. The van der Waals surface area contributed by atoms with Gasteiger partial charge < -0.3 is 9.92 Å². The molecule has 0 aliphatic carbocycles. The van der Waals surface area contributed by atoms with Crippen molar-refractivity contribution >= 4 is 28.2 Å². The number of halogens is 1. The van der Waals surface area contributed by atoms with Gasteiger partial charge >= 0.3 is 10.1 Å². The van der Waals surface area contributed by atoms with Crippen molar-refractivity contribution in [3.63, 3.8) is 0 Å². The van der Waals surface area contributed by atoms with Gasteiger partial charge in [0.05, 0.1) is 5.75 Å². The first-order chi connectivity index (χ1) is 9.05. The first-order valence-electron chi connectivity index (χ1n) is 5.87. The third-order valence-corrected chi connectivity index (χ3v) is 3.74. The van der Waals surface area contributed by atoms with Crippen LogP contribution in [-0.4, -0.2) is 14.2 Å². The Morgan fingerprint density at radius 1 is 0.950 bits per heavy atom. The van der Waals surface area contributed by atoms with E-state index in [0.29, 0.717) is 17.9 Å². The Kier molecular flexibility index (Phi) is 5.85. The molecule has 0 bridgehead atoms. The number of hydrogen-bond donors (Lipinski definition) is 1. The van der Waals surface area contributed by atoms with Crippen LogP contribution in [0.2, 0.25) is 0 Å². The summed E-state index contributed by atoms with van der Waals surface area (Å²) < 4.78 is 28.6. The van der Waals surface area contributed by atoms with E-state index in [4.69, 9.17) is 9.92 Å². The summed E-state index contributed by atoms with van der Waals surface area (Å²) in [5, 5.41) is 0. The van der Waals surface area contributed by atoms with Gasteiger partial charge in [-0.2, -0.15) is 8.42 Å². The SMILES string of the molecule is Cl.Nc1ccc(CCS(=O)(=O)Oc2ccccc2)cc1. The number of benzene rings is 2. The zero-order valence-corrected chi connectivity index (χ0v) is 12.4. The highest BCUT2D eigenvalue weighted by molar-refractivity contribution is 7.87. The van der Waals surface area contributed by atoms with E-state index in [-0.39, 0.29) is 18.2 Å². The third kappa shape index (κ3) is 5.11. The summed E-state index contributed by atoms with van der Waals surface area (Å²) in [6.45, 7) is 0. The zero-order chi connectivity index (χ0) is 13.7. The summed E-state index contributed by atoms with van der Waals surface area (Å²) in [4.78, 5) is 0. The predicted molar refractivity (Wildman–Crippen MR) is 82.7 cm³/mol. The van der Waals surface area contributed by atoms with Crippen molar-refractivity contribution in [3.8, 4) is 5.75 Å². The van der Waals surface area contributed by atoms with Gasteiger partial charge in [-0.25, -0.2) is 0 Å². The molecule has 0 saturated heterocycles. The standard InChI is InChI=1S/C14H15NO3S.ClH/c15-13-8-6-12(7-9-13)10-11-19(16,17)18-14-4-2-1-3-5-14;/h1-9H,10-11,15H2;1H. The minimum absolute atomic E-state index is 0. The number of nitrogens with two attached hydrogens (primary N) is 1. The Labute approximate surface area is 125 Å². The van der Waals surface area contributed by atoms with E-state index in [2.05, 4.69) is 0 Å². The molecule has 0 unspecified atom stereocenters. The molecule has 108 valence electrons. The second-order valence-electron chi connectivity index (χ2n) is 4.15. The molecule has 0 aromatic heterocycles. The summed E-state index contributed by atoms with van der Waals surface area (Å²) in [7, 11) is -3.57. The fourth-order valence-electron chi connectivity index (χ4n) is 1.59. The highest BCUT2D eigenvalue weighted by Gasteiger charge is 2.12. The molecule has 4 nitrogen and oxygen atoms in total. The normalized spacial score (nSPS) is 10.6. The van der Waals surface area contributed by atoms with E-state index in [0.717, 1.165) is 5.56 Å². The van der Waals surface area contributed by atoms with Gasteiger partial charge in [0.15, 0.2) is 0 Å². The Bertz CT molecular complexity index is 627. The molecule has 0 amide bonds. The predicted octanol–water partition coefficient (Wildman–Crippen LogP) is 2.64. The summed E-state index contributed by atoms with van der Waals surface area (Å²) in [5.41, 5.74) is 7.14. The average molecular weight is 314 g/mol. The molecular formula is C14H16ClNO3S. The maximum atomic E-state index is 11.8. The lowest BCUT2D eigenvalue weighted by atomic mass is 10.2. The fourth-order valence-corrected chi connectivity index (χ4v) is 2.56. The average Bonchev–Trinajstić information content (AvgIpc) is 2.39. The molecule has 0 aliphatic heterocycles. The molecule has 2 aromatic rings. The van der Waals surface area contributed by atoms with Crippen molar-refractivity contribution in [1.82, 2.24) is 0 Å². The second kappa shape index (κ2) is 7.17. The molecule has 2 N–H and O–H groups in total. The first kappa shape index (κ1) is 16.3. The molecule has 0 fully saturated rings. The molecule has 0 atom stereocenters. The molecular weight excluding hydrogens is 298 g/mol. The van der Waals surface area contributed by atoms with Gasteiger partial charge in [-0.05, 0) is 36.2 Å². The molecule has 0 aliphatic rings. The summed E-state index contributed by atoms with van der Waals surface area (Å²) in [6, 6.07) is 15.6. The van der Waals surface area contributed by atoms with Crippen LogP contribution < -0.4 is 9.92 Å². The number of rotatable bonds is 5. The van der Waals surface area contributed by atoms with Gasteiger partial charge in [0, 0.05) is 5.69 Å². The topological polar surface area (TPSA) is 69.4 Å². The van der Waals surface area contributed by atoms with Gasteiger partial charge in [0.25, 0.3) is 0 Å². The van der Waals surface area contributed by atoms with Crippen molar-refractivity contribution in [2.24, 2.45) is 0 Å². The Morgan fingerprint density at radius 2 is 1.55 bits per heavy atom. The summed E-state index contributed by atoms with van der Waals surface area (Å²) >= 11 is 0.